The van der Waals surface area contributed by atoms with E-state index in [4.69, 9.17) is 9.47 Å². The number of carbonyl (C=O) groups excluding carboxylic acids is 1. The number of hydrogen-bond donors (Lipinski definition) is 1. The molecule has 1 saturated heterocycles. The quantitative estimate of drug-likeness (QED) is 0.800. The van der Waals surface area contributed by atoms with Crippen LogP contribution < -0.4 is 5.32 Å². The minimum absolute atomic E-state index is 0.186. The normalized spacial score (nSPS) is 17.2. The Kier molecular flexibility index (Phi) is 5.95. The molecule has 0 amide bonds. The lowest BCUT2D eigenvalue weighted by atomic mass is 10.2. The van der Waals surface area contributed by atoms with Crippen LogP contribution in [0.5, 0.6) is 0 Å². The molecule has 1 atom stereocenters. The molecule has 1 unspecified atom stereocenters. The van der Waals surface area contributed by atoms with Crippen molar-refractivity contribution >= 4 is 11.8 Å². The first-order valence-electron chi connectivity index (χ1n) is 7.39. The van der Waals surface area contributed by atoms with E-state index in [1.54, 1.807) is 25.3 Å². The van der Waals surface area contributed by atoms with E-state index < -0.39 is 0 Å². The monoisotopic (exact) mass is 293 g/mol. The van der Waals surface area contributed by atoms with Crippen LogP contribution in [0.1, 0.15) is 24.2 Å². The molecule has 0 aromatic carbocycles. The molecule has 0 spiro atoms. The number of pyridine rings is 1. The summed E-state index contributed by atoms with van der Waals surface area (Å²) in [5, 5.41) is 3.30. The second-order valence-corrected chi connectivity index (χ2v) is 5.08. The number of nitrogens with one attached hydrogen (secondary N) is 1. The van der Waals surface area contributed by atoms with Crippen LogP contribution in [0.2, 0.25) is 0 Å². The third-order valence-corrected chi connectivity index (χ3v) is 3.32. The molecule has 0 aliphatic carbocycles. The number of aromatic nitrogens is 1. The molecule has 0 saturated carbocycles. The molecule has 2 heterocycles. The lowest BCUT2D eigenvalue weighted by Crippen LogP contribution is -2.42. The van der Waals surface area contributed by atoms with E-state index in [0.717, 1.165) is 32.8 Å². The van der Waals surface area contributed by atoms with Crippen LogP contribution in [-0.2, 0) is 9.47 Å². The van der Waals surface area contributed by atoms with Gasteiger partial charge >= 0.3 is 5.97 Å². The largest absolute Gasteiger partial charge is 0.462 e. The molecule has 6 nitrogen and oxygen atoms in total. The summed E-state index contributed by atoms with van der Waals surface area (Å²) in [5.74, 6) is 0.239. The molecule has 0 bridgehead atoms. The van der Waals surface area contributed by atoms with Crippen molar-refractivity contribution in [2.75, 3.05) is 44.8 Å². The van der Waals surface area contributed by atoms with E-state index in [0.29, 0.717) is 18.0 Å². The molecule has 0 radical (unpaired) electrons. The van der Waals surface area contributed by atoms with Gasteiger partial charge in [0.1, 0.15) is 11.4 Å². The average molecular weight is 293 g/mol. The summed E-state index contributed by atoms with van der Waals surface area (Å²) in [6, 6.07) is 3.66. The molecular formula is C15H23N3O3. The summed E-state index contributed by atoms with van der Waals surface area (Å²) < 4.78 is 10.4. The van der Waals surface area contributed by atoms with Crippen molar-refractivity contribution in [3.63, 3.8) is 0 Å². The highest BCUT2D eigenvalue weighted by Crippen LogP contribution is 2.14. The maximum absolute atomic E-state index is 11.9. The third-order valence-electron chi connectivity index (χ3n) is 3.32. The van der Waals surface area contributed by atoms with Crippen molar-refractivity contribution in [3.05, 3.63) is 23.9 Å². The van der Waals surface area contributed by atoms with Gasteiger partial charge in [-0.2, -0.15) is 0 Å². The zero-order valence-corrected chi connectivity index (χ0v) is 12.7. The number of nitrogens with zero attached hydrogens (tertiary/aromatic N) is 2. The Labute approximate surface area is 125 Å². The maximum atomic E-state index is 11.9. The number of rotatable bonds is 6. The smallest absolute Gasteiger partial charge is 0.341 e. The summed E-state index contributed by atoms with van der Waals surface area (Å²) >= 11 is 0. The topological polar surface area (TPSA) is 63.7 Å². The van der Waals surface area contributed by atoms with Gasteiger partial charge in [-0.3, -0.25) is 4.90 Å². The number of morpholine rings is 1. The summed E-state index contributed by atoms with van der Waals surface area (Å²) in [6.07, 6.45) is 1.67. The highest BCUT2D eigenvalue weighted by atomic mass is 16.5. The minimum atomic E-state index is -0.341. The summed E-state index contributed by atoms with van der Waals surface area (Å²) in [5.41, 5.74) is 0.480. The minimum Gasteiger partial charge on any atom is -0.462 e. The fourth-order valence-electron chi connectivity index (χ4n) is 2.34. The number of carbonyl (C=O) groups is 1. The van der Waals surface area contributed by atoms with Gasteiger partial charge in [0.15, 0.2) is 0 Å². The van der Waals surface area contributed by atoms with E-state index >= 15 is 0 Å². The summed E-state index contributed by atoms with van der Waals surface area (Å²) in [4.78, 5) is 18.5. The van der Waals surface area contributed by atoms with Crippen molar-refractivity contribution in [3.8, 4) is 0 Å². The molecular weight excluding hydrogens is 270 g/mol. The van der Waals surface area contributed by atoms with Crippen LogP contribution in [0.3, 0.4) is 0 Å². The van der Waals surface area contributed by atoms with Crippen molar-refractivity contribution < 1.29 is 14.3 Å². The second-order valence-electron chi connectivity index (χ2n) is 5.08. The average Bonchev–Trinajstić information content (AvgIpc) is 2.49. The van der Waals surface area contributed by atoms with Gasteiger partial charge in [-0.25, -0.2) is 9.78 Å². The first-order valence-corrected chi connectivity index (χ1v) is 7.39. The van der Waals surface area contributed by atoms with Crippen LogP contribution in [0.25, 0.3) is 0 Å². The SMILES string of the molecule is CCOC(=O)c1cccnc1NC(C)CN1CCOCC1. The predicted molar refractivity (Wildman–Crippen MR) is 80.5 cm³/mol. The lowest BCUT2D eigenvalue weighted by molar-refractivity contribution is 0.0368. The fraction of sp³-hybridized carbons (Fsp3) is 0.600. The summed E-state index contributed by atoms with van der Waals surface area (Å²) in [7, 11) is 0. The molecule has 2 rings (SSSR count). The number of ether oxygens (including phenoxy) is 2. The van der Waals surface area contributed by atoms with E-state index in [9.17, 15) is 4.79 Å². The van der Waals surface area contributed by atoms with E-state index in [2.05, 4.69) is 22.1 Å². The number of esters is 1. The fourth-order valence-corrected chi connectivity index (χ4v) is 2.34. The molecule has 1 N–H and O–H groups in total. The van der Waals surface area contributed by atoms with E-state index in [-0.39, 0.29) is 12.0 Å². The predicted octanol–water partition coefficient (Wildman–Crippen LogP) is 1.39. The Morgan fingerprint density at radius 1 is 1.52 bits per heavy atom. The van der Waals surface area contributed by atoms with Gasteiger partial charge in [0.2, 0.25) is 0 Å². The highest BCUT2D eigenvalue weighted by molar-refractivity contribution is 5.94. The van der Waals surface area contributed by atoms with Crippen LogP contribution in [0, 0.1) is 0 Å². The van der Waals surface area contributed by atoms with Crippen LogP contribution in [-0.4, -0.2) is 61.3 Å². The molecule has 6 heteroatoms. The molecule has 21 heavy (non-hydrogen) atoms. The van der Waals surface area contributed by atoms with Gasteiger partial charge in [-0.1, -0.05) is 0 Å². The molecule has 1 aromatic heterocycles. The van der Waals surface area contributed by atoms with Gasteiger partial charge in [0.25, 0.3) is 0 Å². The number of hydrogen-bond acceptors (Lipinski definition) is 6. The van der Waals surface area contributed by atoms with Crippen LogP contribution in [0.4, 0.5) is 5.82 Å². The van der Waals surface area contributed by atoms with E-state index in [1.807, 2.05) is 0 Å². The molecule has 1 aliphatic heterocycles. The Morgan fingerprint density at radius 3 is 3.00 bits per heavy atom. The van der Waals surface area contributed by atoms with Crippen molar-refractivity contribution in [2.24, 2.45) is 0 Å². The Hall–Kier alpha value is -1.66. The third kappa shape index (κ3) is 4.68. The first kappa shape index (κ1) is 15.7. The van der Waals surface area contributed by atoms with Gasteiger partial charge in [0.05, 0.1) is 19.8 Å². The van der Waals surface area contributed by atoms with Gasteiger partial charge < -0.3 is 14.8 Å². The summed E-state index contributed by atoms with van der Waals surface area (Å²) in [6.45, 7) is 8.58. The van der Waals surface area contributed by atoms with Crippen molar-refractivity contribution in [2.45, 2.75) is 19.9 Å². The Morgan fingerprint density at radius 2 is 2.29 bits per heavy atom. The lowest BCUT2D eigenvalue weighted by Gasteiger charge is -2.29. The number of anilines is 1. The molecule has 1 fully saturated rings. The van der Waals surface area contributed by atoms with Crippen molar-refractivity contribution in [1.29, 1.82) is 0 Å². The van der Waals surface area contributed by atoms with Gasteiger partial charge in [-0.15, -0.1) is 0 Å². The second kappa shape index (κ2) is 7.95. The first-order chi connectivity index (χ1) is 10.2. The van der Waals surface area contributed by atoms with Gasteiger partial charge in [-0.05, 0) is 26.0 Å². The maximum Gasteiger partial charge on any atom is 0.341 e. The van der Waals surface area contributed by atoms with E-state index in [1.165, 1.54) is 0 Å². The van der Waals surface area contributed by atoms with Crippen molar-refractivity contribution in [1.82, 2.24) is 9.88 Å². The zero-order chi connectivity index (χ0) is 15.1. The molecule has 116 valence electrons. The zero-order valence-electron chi connectivity index (χ0n) is 12.7. The Bertz CT molecular complexity index is 461. The Balaban J connectivity index is 1.96. The van der Waals surface area contributed by atoms with Crippen LogP contribution >= 0.6 is 0 Å². The van der Waals surface area contributed by atoms with Gasteiger partial charge in [0, 0.05) is 31.9 Å². The van der Waals surface area contributed by atoms with Crippen LogP contribution in [0.15, 0.2) is 18.3 Å². The molecule has 1 aliphatic rings. The molecule has 1 aromatic rings. The standard InChI is InChI=1S/C15H23N3O3/c1-3-21-15(19)13-5-4-6-16-14(13)17-12(2)11-18-7-9-20-10-8-18/h4-6,12H,3,7-11H2,1-2H3,(H,16,17). The highest BCUT2D eigenvalue weighted by Gasteiger charge is 2.17.